The second kappa shape index (κ2) is 12.1. The van der Waals surface area contributed by atoms with Crippen LogP contribution < -0.4 is 15.4 Å². The Morgan fingerprint density at radius 1 is 1.02 bits per heavy atom. The van der Waals surface area contributed by atoms with Crippen molar-refractivity contribution in [3.05, 3.63) is 102 Å². The Hall–Kier alpha value is -4.27. The van der Waals surface area contributed by atoms with Gasteiger partial charge in [-0.1, -0.05) is 69.3 Å². The number of urea groups is 1. The Labute approximate surface area is 240 Å². The highest BCUT2D eigenvalue weighted by atomic mass is 19.1. The molecule has 1 atom stereocenters. The van der Waals surface area contributed by atoms with Crippen LogP contribution in [0, 0.1) is 5.82 Å². The molecule has 2 amide bonds. The number of β-amino-alcohol motifs (C(OH)–C–C–N with tert-alkyl or cyclic N) is 1. The van der Waals surface area contributed by atoms with Crippen LogP contribution in [0.25, 0.3) is 11.1 Å². The lowest BCUT2D eigenvalue weighted by Crippen LogP contribution is -2.22. The summed E-state index contributed by atoms with van der Waals surface area (Å²) in [6.07, 6.45) is 2.04. The summed E-state index contributed by atoms with van der Waals surface area (Å²) in [5, 5.41) is 15.2. The molecule has 5 rings (SSSR count). The molecule has 1 unspecified atom stereocenters. The van der Waals surface area contributed by atoms with Gasteiger partial charge in [-0.25, -0.2) is 14.2 Å². The van der Waals surface area contributed by atoms with Crippen LogP contribution in [0.1, 0.15) is 38.3 Å². The quantitative estimate of drug-likeness (QED) is 0.225. The number of carbonyl (C=O) groups is 1. The third-order valence-corrected chi connectivity index (χ3v) is 7.11. The predicted octanol–water partition coefficient (Wildman–Crippen LogP) is 7.19. The fourth-order valence-corrected chi connectivity index (χ4v) is 5.04. The first-order valence-electron chi connectivity index (χ1n) is 13.8. The lowest BCUT2D eigenvalue weighted by molar-refractivity contribution is 0.175. The van der Waals surface area contributed by atoms with Gasteiger partial charge in [0.1, 0.15) is 17.3 Å². The van der Waals surface area contributed by atoms with Crippen molar-refractivity contribution in [1.82, 2.24) is 9.88 Å². The number of hydrogen-bond donors (Lipinski definition) is 3. The molecule has 7 nitrogen and oxygen atoms in total. The minimum atomic E-state index is -0.619. The zero-order chi connectivity index (χ0) is 29.0. The smallest absolute Gasteiger partial charge is 0.323 e. The molecule has 1 aromatic heterocycles. The van der Waals surface area contributed by atoms with Gasteiger partial charge in [0, 0.05) is 31.4 Å². The molecule has 1 aliphatic rings. The van der Waals surface area contributed by atoms with E-state index in [0.29, 0.717) is 30.1 Å². The van der Waals surface area contributed by atoms with Crippen LogP contribution in [0.15, 0.2) is 85.1 Å². The summed E-state index contributed by atoms with van der Waals surface area (Å²) in [5.74, 6) is 0.327. The van der Waals surface area contributed by atoms with E-state index >= 15 is 4.39 Å². The summed E-state index contributed by atoms with van der Waals surface area (Å²) < 4.78 is 21.3. The number of likely N-dealkylation sites (tertiary alicyclic amines) is 1. The molecule has 1 aliphatic heterocycles. The Morgan fingerprint density at radius 3 is 2.54 bits per heavy atom. The van der Waals surface area contributed by atoms with Gasteiger partial charge in [0.2, 0.25) is 5.88 Å². The van der Waals surface area contributed by atoms with Crippen molar-refractivity contribution in [2.24, 2.45) is 0 Å². The Kier molecular flexibility index (Phi) is 8.33. The van der Waals surface area contributed by atoms with Gasteiger partial charge in [0.05, 0.1) is 11.8 Å². The lowest BCUT2D eigenvalue weighted by Gasteiger charge is -2.22. The molecule has 1 fully saturated rings. The van der Waals surface area contributed by atoms with E-state index in [0.717, 1.165) is 29.7 Å². The molecule has 2 heterocycles. The molecule has 0 aliphatic carbocycles. The van der Waals surface area contributed by atoms with Crippen molar-refractivity contribution in [1.29, 1.82) is 0 Å². The van der Waals surface area contributed by atoms with E-state index in [-0.39, 0.29) is 23.1 Å². The van der Waals surface area contributed by atoms with Crippen molar-refractivity contribution in [3.8, 4) is 22.8 Å². The topological polar surface area (TPSA) is 86.7 Å². The number of para-hydroxylation sites is 1. The molecule has 0 radical (unpaired) electrons. The number of benzene rings is 3. The Balaban J connectivity index is 1.29. The van der Waals surface area contributed by atoms with Gasteiger partial charge in [0.25, 0.3) is 0 Å². The van der Waals surface area contributed by atoms with E-state index < -0.39 is 11.8 Å². The molecule has 41 heavy (non-hydrogen) atoms. The number of rotatable bonds is 7. The number of nitrogens with zero attached hydrogens (tertiary/aromatic N) is 2. The standard InChI is InChI=1S/C33H35FN4O3/c1-33(2,3)26-11-6-7-13-30(26)41-31-29(12-8-17-35-31)37-32(40)36-28-15-14-22(19-27(28)34)25-10-5-4-9-23(25)20-38-18-16-24(39)21-38/h4-15,17,19,24,39H,16,18,20-21H2,1-3H3,(H2,36,37,40). The van der Waals surface area contributed by atoms with Gasteiger partial charge in [-0.2, -0.15) is 0 Å². The van der Waals surface area contributed by atoms with Gasteiger partial charge in [-0.05, 0) is 58.9 Å². The van der Waals surface area contributed by atoms with Crippen molar-refractivity contribution in [3.63, 3.8) is 0 Å². The molecule has 3 aromatic carbocycles. The number of pyridine rings is 1. The fraction of sp³-hybridized carbons (Fsp3) is 0.273. The number of carbonyl (C=O) groups excluding carboxylic acids is 1. The molecule has 0 saturated carbocycles. The minimum Gasteiger partial charge on any atom is -0.437 e. The summed E-state index contributed by atoms with van der Waals surface area (Å²) in [6.45, 7) is 8.42. The zero-order valence-corrected chi connectivity index (χ0v) is 23.5. The largest absolute Gasteiger partial charge is 0.437 e. The third-order valence-electron chi connectivity index (χ3n) is 7.11. The first kappa shape index (κ1) is 28.3. The zero-order valence-electron chi connectivity index (χ0n) is 23.5. The van der Waals surface area contributed by atoms with Crippen LogP contribution in [-0.4, -0.2) is 40.2 Å². The van der Waals surface area contributed by atoms with Gasteiger partial charge in [-0.15, -0.1) is 0 Å². The highest BCUT2D eigenvalue weighted by molar-refractivity contribution is 6.00. The van der Waals surface area contributed by atoms with Crippen molar-refractivity contribution >= 4 is 17.4 Å². The van der Waals surface area contributed by atoms with E-state index in [1.54, 1.807) is 30.5 Å². The predicted molar refractivity (Wildman–Crippen MR) is 160 cm³/mol. The van der Waals surface area contributed by atoms with E-state index in [4.69, 9.17) is 4.74 Å². The first-order chi connectivity index (χ1) is 19.7. The summed E-state index contributed by atoms with van der Waals surface area (Å²) in [7, 11) is 0. The molecular formula is C33H35FN4O3. The summed E-state index contributed by atoms with van der Waals surface area (Å²) >= 11 is 0. The molecule has 0 spiro atoms. The van der Waals surface area contributed by atoms with Crippen LogP contribution >= 0.6 is 0 Å². The fourth-order valence-electron chi connectivity index (χ4n) is 5.04. The number of amides is 2. The summed E-state index contributed by atoms with van der Waals surface area (Å²) in [4.78, 5) is 19.4. The molecule has 3 N–H and O–H groups in total. The van der Waals surface area contributed by atoms with Gasteiger partial charge >= 0.3 is 6.03 Å². The highest BCUT2D eigenvalue weighted by Gasteiger charge is 2.22. The van der Waals surface area contributed by atoms with E-state index in [9.17, 15) is 9.90 Å². The van der Waals surface area contributed by atoms with Crippen LogP contribution in [0.3, 0.4) is 0 Å². The lowest BCUT2D eigenvalue weighted by atomic mass is 9.86. The second-order valence-electron chi connectivity index (χ2n) is 11.3. The number of anilines is 2. The Morgan fingerprint density at radius 2 is 1.78 bits per heavy atom. The molecule has 8 heteroatoms. The number of halogens is 1. The van der Waals surface area contributed by atoms with Crippen molar-refractivity contribution < 1.29 is 19.0 Å². The number of ether oxygens (including phenoxy) is 1. The summed E-state index contributed by atoms with van der Waals surface area (Å²) in [6, 6.07) is 23.1. The number of aromatic nitrogens is 1. The number of aliphatic hydroxyl groups is 1. The monoisotopic (exact) mass is 554 g/mol. The normalized spacial score (nSPS) is 15.5. The average molecular weight is 555 g/mol. The second-order valence-corrected chi connectivity index (χ2v) is 11.3. The minimum absolute atomic E-state index is 0.0517. The SMILES string of the molecule is CC(C)(C)c1ccccc1Oc1ncccc1NC(=O)Nc1ccc(-c2ccccc2CN2CCC(O)C2)cc1F. The van der Waals surface area contributed by atoms with Gasteiger partial charge in [-0.3, -0.25) is 4.90 Å². The molecule has 4 aromatic rings. The van der Waals surface area contributed by atoms with Crippen LogP contribution in [0.5, 0.6) is 11.6 Å². The highest BCUT2D eigenvalue weighted by Crippen LogP contribution is 2.36. The van der Waals surface area contributed by atoms with Crippen molar-refractivity contribution in [2.45, 2.75) is 45.3 Å². The molecular weight excluding hydrogens is 519 g/mol. The van der Waals surface area contributed by atoms with E-state index in [1.165, 1.54) is 6.07 Å². The molecule has 0 bridgehead atoms. The summed E-state index contributed by atoms with van der Waals surface area (Å²) in [5.41, 5.74) is 3.93. The third kappa shape index (κ3) is 6.90. The van der Waals surface area contributed by atoms with Gasteiger partial charge in [0.15, 0.2) is 0 Å². The van der Waals surface area contributed by atoms with Crippen LogP contribution in [-0.2, 0) is 12.0 Å². The number of aliphatic hydroxyl groups excluding tert-OH is 1. The molecule has 1 saturated heterocycles. The number of hydrogen-bond acceptors (Lipinski definition) is 5. The Bertz CT molecular complexity index is 1540. The van der Waals surface area contributed by atoms with Crippen molar-refractivity contribution in [2.75, 3.05) is 23.7 Å². The average Bonchev–Trinajstić information content (AvgIpc) is 3.35. The van der Waals surface area contributed by atoms with E-state index in [2.05, 4.69) is 41.3 Å². The van der Waals surface area contributed by atoms with E-state index in [1.807, 2.05) is 48.5 Å². The maximum Gasteiger partial charge on any atom is 0.323 e. The molecule has 212 valence electrons. The maximum atomic E-state index is 15.2. The van der Waals surface area contributed by atoms with Crippen LogP contribution in [0.4, 0.5) is 20.6 Å². The van der Waals surface area contributed by atoms with Crippen LogP contribution in [0.2, 0.25) is 0 Å². The van der Waals surface area contributed by atoms with Gasteiger partial charge < -0.3 is 20.5 Å². The maximum absolute atomic E-state index is 15.2. The number of nitrogens with one attached hydrogen (secondary N) is 2. The first-order valence-corrected chi connectivity index (χ1v) is 13.8.